The van der Waals surface area contributed by atoms with Crippen molar-refractivity contribution in [1.82, 2.24) is 0 Å². The summed E-state index contributed by atoms with van der Waals surface area (Å²) in [5.41, 5.74) is 1.16. The van der Waals surface area contributed by atoms with Gasteiger partial charge in [-0.25, -0.2) is 0 Å². The zero-order valence-electron chi connectivity index (χ0n) is 16.3. The molecule has 0 saturated carbocycles. The molecule has 0 unspecified atom stereocenters. The number of benzene rings is 1. The minimum absolute atomic E-state index is 0.0980. The van der Waals surface area contributed by atoms with E-state index in [2.05, 4.69) is 52.9 Å². The molecule has 0 radical (unpaired) electrons. The number of hydrogen-bond donors (Lipinski definition) is 0. The SMILES string of the molecule is C[C@H](C=O)[C@H](O[Si](C)(C)C(C)(C)C)[C@H](C)COCc1ccccc1. The third kappa shape index (κ3) is 6.15. The van der Waals surface area contributed by atoms with Crippen LogP contribution in [0.5, 0.6) is 0 Å². The summed E-state index contributed by atoms with van der Waals surface area (Å²) in [5.74, 6) is 0.0393. The molecule has 136 valence electrons. The second-order valence-corrected chi connectivity index (χ2v) is 13.1. The molecule has 0 bridgehead atoms. The molecule has 24 heavy (non-hydrogen) atoms. The Balaban J connectivity index is 2.68. The third-order valence-corrected chi connectivity index (χ3v) is 9.50. The van der Waals surface area contributed by atoms with Crippen molar-refractivity contribution in [2.24, 2.45) is 11.8 Å². The predicted molar refractivity (Wildman–Crippen MR) is 103 cm³/mol. The number of rotatable bonds is 9. The van der Waals surface area contributed by atoms with Crippen LogP contribution in [0.4, 0.5) is 0 Å². The molecule has 1 aromatic carbocycles. The molecule has 0 N–H and O–H groups in total. The van der Waals surface area contributed by atoms with Gasteiger partial charge < -0.3 is 14.0 Å². The van der Waals surface area contributed by atoms with Crippen LogP contribution in [0, 0.1) is 11.8 Å². The zero-order valence-corrected chi connectivity index (χ0v) is 17.3. The number of aldehydes is 1. The van der Waals surface area contributed by atoms with Gasteiger partial charge in [-0.15, -0.1) is 0 Å². The quantitative estimate of drug-likeness (QED) is 0.461. The monoisotopic (exact) mass is 350 g/mol. The van der Waals surface area contributed by atoms with E-state index in [4.69, 9.17) is 9.16 Å². The van der Waals surface area contributed by atoms with Gasteiger partial charge in [0.25, 0.3) is 0 Å². The van der Waals surface area contributed by atoms with Gasteiger partial charge in [0.05, 0.1) is 19.3 Å². The van der Waals surface area contributed by atoms with Crippen LogP contribution < -0.4 is 0 Å². The Labute approximate surface area is 148 Å². The fourth-order valence-electron chi connectivity index (χ4n) is 2.37. The Morgan fingerprint density at radius 2 is 1.71 bits per heavy atom. The van der Waals surface area contributed by atoms with Crippen LogP contribution in [0.1, 0.15) is 40.2 Å². The zero-order chi connectivity index (χ0) is 18.4. The summed E-state index contributed by atoms with van der Waals surface area (Å²) < 4.78 is 12.4. The van der Waals surface area contributed by atoms with Gasteiger partial charge in [-0.3, -0.25) is 0 Å². The van der Waals surface area contributed by atoms with Crippen LogP contribution in [-0.4, -0.2) is 27.3 Å². The first kappa shape index (κ1) is 21.1. The first-order valence-corrected chi connectivity index (χ1v) is 11.7. The lowest BCUT2D eigenvalue weighted by molar-refractivity contribution is -0.114. The maximum atomic E-state index is 11.4. The molecule has 0 aliphatic rings. The average Bonchev–Trinajstić information content (AvgIpc) is 2.51. The molecule has 3 atom stereocenters. The average molecular weight is 351 g/mol. The van der Waals surface area contributed by atoms with Crippen molar-refractivity contribution in [3.8, 4) is 0 Å². The van der Waals surface area contributed by atoms with Crippen molar-refractivity contribution < 1.29 is 14.0 Å². The number of carbonyl (C=O) groups is 1. The second kappa shape index (κ2) is 8.93. The highest BCUT2D eigenvalue weighted by Crippen LogP contribution is 2.39. The maximum Gasteiger partial charge on any atom is 0.192 e. The molecule has 0 aliphatic heterocycles. The van der Waals surface area contributed by atoms with Gasteiger partial charge >= 0.3 is 0 Å². The summed E-state index contributed by atoms with van der Waals surface area (Å²) in [4.78, 5) is 11.4. The van der Waals surface area contributed by atoms with E-state index >= 15 is 0 Å². The van der Waals surface area contributed by atoms with Gasteiger partial charge in [-0.1, -0.05) is 65.0 Å². The predicted octanol–water partition coefficient (Wildman–Crippen LogP) is 5.06. The van der Waals surface area contributed by atoms with Crippen molar-refractivity contribution in [1.29, 1.82) is 0 Å². The molecule has 0 spiro atoms. The van der Waals surface area contributed by atoms with Gasteiger partial charge in [0.1, 0.15) is 6.29 Å². The first-order valence-electron chi connectivity index (χ1n) is 8.83. The summed E-state index contributed by atoms with van der Waals surface area (Å²) in [6.45, 7) is 16.4. The van der Waals surface area contributed by atoms with Crippen molar-refractivity contribution in [3.05, 3.63) is 35.9 Å². The lowest BCUT2D eigenvalue weighted by atomic mass is 9.95. The van der Waals surface area contributed by atoms with E-state index in [-0.39, 0.29) is 23.0 Å². The molecule has 0 heterocycles. The normalized spacial score (nSPS) is 16.5. The summed E-state index contributed by atoms with van der Waals surface area (Å²) in [6, 6.07) is 10.1. The Morgan fingerprint density at radius 3 is 2.21 bits per heavy atom. The van der Waals surface area contributed by atoms with E-state index in [1.165, 1.54) is 0 Å². The molecule has 3 nitrogen and oxygen atoms in total. The van der Waals surface area contributed by atoms with Gasteiger partial charge in [-0.2, -0.15) is 0 Å². The van der Waals surface area contributed by atoms with Crippen LogP contribution >= 0.6 is 0 Å². The third-order valence-electron chi connectivity index (χ3n) is 5.02. The number of ether oxygens (including phenoxy) is 1. The van der Waals surface area contributed by atoms with Gasteiger partial charge in [0.15, 0.2) is 8.32 Å². The van der Waals surface area contributed by atoms with Crippen molar-refractivity contribution in [3.63, 3.8) is 0 Å². The molecule has 4 heteroatoms. The molecule has 0 aromatic heterocycles. The van der Waals surface area contributed by atoms with Crippen LogP contribution in [0.3, 0.4) is 0 Å². The molecular weight excluding hydrogens is 316 g/mol. The molecular formula is C20H34O3Si. The summed E-state index contributed by atoms with van der Waals surface area (Å²) in [5, 5.41) is 0.123. The fraction of sp³-hybridized carbons (Fsp3) is 0.650. The minimum Gasteiger partial charge on any atom is -0.413 e. The Hall–Kier alpha value is -0.973. The highest BCUT2D eigenvalue weighted by molar-refractivity contribution is 6.74. The molecule has 0 amide bonds. The van der Waals surface area contributed by atoms with Crippen LogP contribution in [0.15, 0.2) is 30.3 Å². The topological polar surface area (TPSA) is 35.5 Å². The first-order chi connectivity index (χ1) is 11.1. The molecule has 0 saturated heterocycles. The highest BCUT2D eigenvalue weighted by Gasteiger charge is 2.41. The van der Waals surface area contributed by atoms with E-state index in [0.717, 1.165) is 11.8 Å². The van der Waals surface area contributed by atoms with E-state index < -0.39 is 8.32 Å². The molecule has 0 aliphatic carbocycles. The summed E-state index contributed by atoms with van der Waals surface area (Å²) in [6.07, 6.45) is 0.907. The van der Waals surface area contributed by atoms with E-state index in [0.29, 0.717) is 13.2 Å². The van der Waals surface area contributed by atoms with E-state index in [1.807, 2.05) is 25.1 Å². The Kier molecular flexibility index (Phi) is 7.84. The fourth-order valence-corrected chi connectivity index (χ4v) is 3.85. The van der Waals surface area contributed by atoms with Crippen LogP contribution in [0.2, 0.25) is 18.1 Å². The Bertz CT molecular complexity index is 493. The standard InChI is InChI=1S/C20H34O3Si/c1-16(13-21)19(23-24(6,7)20(3,4)5)17(2)14-22-15-18-11-9-8-10-12-18/h8-13,16-17,19H,14-15H2,1-7H3/t16-,17-,19+/m1/s1. The summed E-state index contributed by atoms with van der Waals surface area (Å²) in [7, 11) is -1.93. The van der Waals surface area contributed by atoms with Crippen molar-refractivity contribution >= 4 is 14.6 Å². The number of hydrogen-bond acceptors (Lipinski definition) is 3. The second-order valence-electron chi connectivity index (χ2n) is 8.32. The van der Waals surface area contributed by atoms with E-state index in [9.17, 15) is 4.79 Å². The molecule has 1 aromatic rings. The molecule has 0 fully saturated rings. The van der Waals surface area contributed by atoms with Crippen molar-refractivity contribution in [2.45, 2.75) is 65.5 Å². The van der Waals surface area contributed by atoms with Gasteiger partial charge in [0.2, 0.25) is 0 Å². The molecule has 1 rings (SSSR count). The van der Waals surface area contributed by atoms with Gasteiger partial charge in [-0.05, 0) is 23.7 Å². The smallest absolute Gasteiger partial charge is 0.192 e. The minimum atomic E-state index is -1.93. The van der Waals surface area contributed by atoms with Crippen molar-refractivity contribution in [2.75, 3.05) is 6.61 Å². The van der Waals surface area contributed by atoms with Crippen LogP contribution in [-0.2, 0) is 20.6 Å². The lowest BCUT2D eigenvalue weighted by Crippen LogP contribution is -2.48. The van der Waals surface area contributed by atoms with E-state index in [1.54, 1.807) is 0 Å². The van der Waals surface area contributed by atoms with Gasteiger partial charge in [0, 0.05) is 11.8 Å². The lowest BCUT2D eigenvalue weighted by Gasteiger charge is -2.42. The largest absolute Gasteiger partial charge is 0.413 e. The summed E-state index contributed by atoms with van der Waals surface area (Å²) >= 11 is 0. The Morgan fingerprint density at radius 1 is 1.12 bits per heavy atom. The highest BCUT2D eigenvalue weighted by atomic mass is 28.4. The number of carbonyl (C=O) groups excluding carboxylic acids is 1. The van der Waals surface area contributed by atoms with Crippen LogP contribution in [0.25, 0.3) is 0 Å². The maximum absolute atomic E-state index is 11.4.